The Bertz CT molecular complexity index is 995. The van der Waals surface area contributed by atoms with Crippen LogP contribution in [0.2, 0.25) is 0 Å². The predicted octanol–water partition coefficient (Wildman–Crippen LogP) is 3.66. The summed E-state index contributed by atoms with van der Waals surface area (Å²) in [5, 5.41) is 12.7. The van der Waals surface area contributed by atoms with Gasteiger partial charge in [-0.1, -0.05) is 36.4 Å². The molecular formula is C20H18N6O. The van der Waals surface area contributed by atoms with E-state index in [1.165, 1.54) is 0 Å². The van der Waals surface area contributed by atoms with Gasteiger partial charge in [-0.25, -0.2) is 0 Å². The normalized spacial score (nSPS) is 10.9. The van der Waals surface area contributed by atoms with Crippen LogP contribution in [0.4, 0.5) is 17.6 Å². The summed E-state index contributed by atoms with van der Waals surface area (Å²) in [4.78, 5) is 12.5. The fraction of sp³-hybridized carbons (Fsp3) is 0.100. The highest BCUT2D eigenvalue weighted by atomic mass is 16.5. The molecule has 0 amide bonds. The summed E-state index contributed by atoms with van der Waals surface area (Å²) in [5.74, 6) is 1.16. The van der Waals surface area contributed by atoms with Gasteiger partial charge in [0.1, 0.15) is 11.8 Å². The molecule has 0 fully saturated rings. The summed E-state index contributed by atoms with van der Waals surface area (Å²) < 4.78 is 5.60. The zero-order chi connectivity index (χ0) is 19.1. The SMILES string of the molecule is CCOc1ccccc1C=C(C#N)c1nc(N)nc(Nc2ccccc2)n1. The quantitative estimate of drug-likeness (QED) is 0.647. The van der Waals surface area contributed by atoms with Crippen LogP contribution in [-0.2, 0) is 0 Å². The highest BCUT2D eigenvalue weighted by Crippen LogP contribution is 2.24. The maximum atomic E-state index is 9.61. The van der Waals surface area contributed by atoms with Crippen LogP contribution in [0, 0.1) is 11.3 Å². The van der Waals surface area contributed by atoms with E-state index in [-0.39, 0.29) is 23.3 Å². The molecular weight excluding hydrogens is 340 g/mol. The molecule has 2 aromatic carbocycles. The van der Waals surface area contributed by atoms with Gasteiger partial charge in [-0.3, -0.25) is 0 Å². The second kappa shape index (κ2) is 8.45. The lowest BCUT2D eigenvalue weighted by Gasteiger charge is -2.08. The average Bonchev–Trinajstić information content (AvgIpc) is 2.68. The third-order valence-electron chi connectivity index (χ3n) is 3.56. The summed E-state index contributed by atoms with van der Waals surface area (Å²) in [6.45, 7) is 2.43. The molecule has 3 N–H and O–H groups in total. The lowest BCUT2D eigenvalue weighted by atomic mass is 10.1. The first-order valence-electron chi connectivity index (χ1n) is 8.37. The summed E-state index contributed by atoms with van der Waals surface area (Å²) in [6, 6.07) is 19.0. The minimum Gasteiger partial charge on any atom is -0.493 e. The van der Waals surface area contributed by atoms with Gasteiger partial charge in [0.2, 0.25) is 11.9 Å². The smallest absolute Gasteiger partial charge is 0.232 e. The molecule has 0 aliphatic rings. The van der Waals surface area contributed by atoms with Crippen LogP contribution in [0.1, 0.15) is 18.3 Å². The Hall–Kier alpha value is -3.92. The van der Waals surface area contributed by atoms with Crippen molar-refractivity contribution in [2.24, 2.45) is 0 Å². The molecule has 0 spiro atoms. The van der Waals surface area contributed by atoms with Gasteiger partial charge in [-0.2, -0.15) is 20.2 Å². The minimum absolute atomic E-state index is 0.0256. The number of anilines is 3. The molecule has 3 rings (SSSR count). The standard InChI is InChI=1S/C20H18N6O/c1-2-27-17-11-7-6-8-14(17)12-15(13-21)18-24-19(22)26-20(25-18)23-16-9-4-3-5-10-16/h3-12H,2H2,1H3,(H3,22,23,24,25,26). The number of allylic oxidation sites excluding steroid dienone is 1. The van der Waals surface area contributed by atoms with E-state index in [9.17, 15) is 5.26 Å². The topological polar surface area (TPSA) is 110 Å². The number of nitrogens with one attached hydrogen (secondary N) is 1. The number of benzene rings is 2. The van der Waals surface area contributed by atoms with Gasteiger partial charge >= 0.3 is 0 Å². The predicted molar refractivity (Wildman–Crippen MR) is 105 cm³/mol. The van der Waals surface area contributed by atoms with Gasteiger partial charge in [0.05, 0.1) is 12.2 Å². The average molecular weight is 358 g/mol. The van der Waals surface area contributed by atoms with E-state index in [1.54, 1.807) is 6.08 Å². The largest absolute Gasteiger partial charge is 0.493 e. The molecule has 7 heteroatoms. The molecule has 0 radical (unpaired) electrons. The van der Waals surface area contributed by atoms with Gasteiger partial charge in [0, 0.05) is 11.3 Å². The first-order valence-corrected chi connectivity index (χ1v) is 8.37. The highest BCUT2D eigenvalue weighted by molar-refractivity contribution is 5.88. The molecule has 27 heavy (non-hydrogen) atoms. The van der Waals surface area contributed by atoms with E-state index >= 15 is 0 Å². The van der Waals surface area contributed by atoms with Crippen LogP contribution < -0.4 is 15.8 Å². The zero-order valence-electron chi connectivity index (χ0n) is 14.8. The fourth-order valence-corrected chi connectivity index (χ4v) is 2.41. The van der Waals surface area contributed by atoms with E-state index in [4.69, 9.17) is 10.5 Å². The lowest BCUT2D eigenvalue weighted by Crippen LogP contribution is -2.06. The van der Waals surface area contributed by atoms with Crippen LogP contribution in [0.5, 0.6) is 5.75 Å². The number of nitrogens with two attached hydrogens (primary N) is 1. The summed E-state index contributed by atoms with van der Waals surface area (Å²) in [6.07, 6.45) is 1.67. The van der Waals surface area contributed by atoms with Gasteiger partial charge in [0.15, 0.2) is 5.82 Å². The molecule has 1 heterocycles. The summed E-state index contributed by atoms with van der Waals surface area (Å²) in [7, 11) is 0. The first kappa shape index (κ1) is 17.9. The Morgan fingerprint density at radius 1 is 1.11 bits per heavy atom. The van der Waals surface area contributed by atoms with Crippen LogP contribution in [0.3, 0.4) is 0 Å². The van der Waals surface area contributed by atoms with E-state index in [1.807, 2.05) is 61.5 Å². The monoisotopic (exact) mass is 358 g/mol. The number of para-hydroxylation sites is 2. The van der Waals surface area contributed by atoms with Crippen LogP contribution >= 0.6 is 0 Å². The van der Waals surface area contributed by atoms with Crippen molar-refractivity contribution in [3.8, 4) is 11.8 Å². The van der Waals surface area contributed by atoms with Gasteiger partial charge in [-0.15, -0.1) is 0 Å². The number of nitrogen functional groups attached to an aromatic ring is 1. The Kier molecular flexibility index (Phi) is 5.60. The van der Waals surface area contributed by atoms with Crippen molar-refractivity contribution in [1.82, 2.24) is 15.0 Å². The van der Waals surface area contributed by atoms with E-state index in [2.05, 4.69) is 26.3 Å². The van der Waals surface area contributed by atoms with E-state index < -0.39 is 0 Å². The first-order chi connectivity index (χ1) is 13.2. The number of ether oxygens (including phenoxy) is 1. The van der Waals surface area contributed by atoms with Crippen molar-refractivity contribution in [2.45, 2.75) is 6.92 Å². The number of nitriles is 1. The number of rotatable bonds is 6. The molecule has 0 atom stereocenters. The zero-order valence-corrected chi connectivity index (χ0v) is 14.8. The lowest BCUT2D eigenvalue weighted by molar-refractivity contribution is 0.339. The Morgan fingerprint density at radius 2 is 1.85 bits per heavy atom. The Labute approximate surface area is 157 Å². The third kappa shape index (κ3) is 4.58. The van der Waals surface area contributed by atoms with E-state index in [0.29, 0.717) is 12.4 Å². The second-order valence-corrected chi connectivity index (χ2v) is 5.47. The molecule has 0 unspecified atom stereocenters. The van der Waals surface area contributed by atoms with Gasteiger partial charge in [0.25, 0.3) is 0 Å². The number of aromatic nitrogens is 3. The highest BCUT2D eigenvalue weighted by Gasteiger charge is 2.11. The van der Waals surface area contributed by atoms with Crippen molar-refractivity contribution in [1.29, 1.82) is 5.26 Å². The molecule has 0 saturated carbocycles. The van der Waals surface area contributed by atoms with Gasteiger partial charge in [-0.05, 0) is 31.2 Å². The molecule has 7 nitrogen and oxygen atoms in total. The maximum Gasteiger partial charge on any atom is 0.232 e. The third-order valence-corrected chi connectivity index (χ3v) is 3.56. The van der Waals surface area contributed by atoms with Crippen molar-refractivity contribution >= 4 is 29.2 Å². The molecule has 0 aliphatic heterocycles. The molecule has 134 valence electrons. The van der Waals surface area contributed by atoms with Crippen LogP contribution in [0.15, 0.2) is 54.6 Å². The molecule has 3 aromatic rings. The molecule has 0 aliphatic carbocycles. The number of hydrogen-bond acceptors (Lipinski definition) is 7. The summed E-state index contributed by atoms with van der Waals surface area (Å²) >= 11 is 0. The van der Waals surface area contributed by atoms with E-state index in [0.717, 1.165) is 11.3 Å². The molecule has 0 bridgehead atoms. The molecule has 1 aromatic heterocycles. The van der Waals surface area contributed by atoms with Gasteiger partial charge < -0.3 is 15.8 Å². The fourth-order valence-electron chi connectivity index (χ4n) is 2.41. The van der Waals surface area contributed by atoms with Crippen molar-refractivity contribution in [3.63, 3.8) is 0 Å². The molecule has 0 saturated heterocycles. The number of hydrogen-bond donors (Lipinski definition) is 2. The van der Waals surface area contributed by atoms with Crippen LogP contribution in [0.25, 0.3) is 11.6 Å². The maximum absolute atomic E-state index is 9.61. The minimum atomic E-state index is 0.0256. The van der Waals surface area contributed by atoms with Crippen LogP contribution in [-0.4, -0.2) is 21.6 Å². The van der Waals surface area contributed by atoms with Crippen molar-refractivity contribution < 1.29 is 4.74 Å². The Morgan fingerprint density at radius 3 is 2.59 bits per heavy atom. The Balaban J connectivity index is 1.97. The van der Waals surface area contributed by atoms with Crippen molar-refractivity contribution in [2.75, 3.05) is 17.7 Å². The number of nitrogens with zero attached hydrogens (tertiary/aromatic N) is 4. The second-order valence-electron chi connectivity index (χ2n) is 5.47. The van der Waals surface area contributed by atoms with Crippen molar-refractivity contribution in [3.05, 3.63) is 66.0 Å². The summed E-state index contributed by atoms with van der Waals surface area (Å²) in [5.41, 5.74) is 7.63.